The summed E-state index contributed by atoms with van der Waals surface area (Å²) in [7, 11) is -5.24. The molecule has 1 aliphatic rings. The molecule has 0 aliphatic heterocycles. The number of hydrogen-bond acceptors (Lipinski definition) is 13. The molecule has 0 saturated heterocycles. The molecular formula is C59H111O14P. The lowest BCUT2D eigenvalue weighted by molar-refractivity contribution is -0.231. The number of esters is 3. The number of phosphoric acid groups is 1. The summed E-state index contributed by atoms with van der Waals surface area (Å²) >= 11 is 0. The van der Waals surface area contributed by atoms with Crippen molar-refractivity contribution in [3.05, 3.63) is 12.2 Å². The lowest BCUT2D eigenvalue weighted by Crippen LogP contribution is -2.65. The first-order chi connectivity index (χ1) is 35.9. The largest absolute Gasteiger partial charge is 0.472 e. The summed E-state index contributed by atoms with van der Waals surface area (Å²) in [6.45, 7) is 5.47. The molecule has 14 nitrogen and oxygen atoms in total. The van der Waals surface area contributed by atoms with Crippen molar-refractivity contribution < 1.29 is 67.5 Å². The molecule has 8 atom stereocenters. The fourth-order valence-electron chi connectivity index (χ4n) is 9.55. The predicted octanol–water partition coefficient (Wildman–Crippen LogP) is 14.3. The Bertz CT molecular complexity index is 1410. The van der Waals surface area contributed by atoms with Crippen molar-refractivity contribution in [3.63, 3.8) is 0 Å². The highest BCUT2D eigenvalue weighted by Crippen LogP contribution is 2.47. The summed E-state index contributed by atoms with van der Waals surface area (Å²) in [5.41, 5.74) is 0. The van der Waals surface area contributed by atoms with E-state index < -0.39 is 81.7 Å². The Balaban J connectivity index is 2.71. The molecule has 74 heavy (non-hydrogen) atoms. The van der Waals surface area contributed by atoms with Gasteiger partial charge in [-0.05, 0) is 44.9 Å². The number of carbonyl (C=O) groups excluding carboxylic acids is 3. The Kier molecular flexibility index (Phi) is 45.7. The molecule has 0 bridgehead atoms. The average Bonchev–Trinajstić information content (AvgIpc) is 3.38. The zero-order chi connectivity index (χ0) is 54.3. The Morgan fingerprint density at radius 1 is 0.419 bits per heavy atom. The van der Waals surface area contributed by atoms with E-state index in [1.165, 1.54) is 148 Å². The van der Waals surface area contributed by atoms with Crippen molar-refractivity contribution in [2.75, 3.05) is 13.2 Å². The molecule has 0 amide bonds. The van der Waals surface area contributed by atoms with Gasteiger partial charge in [0.25, 0.3) is 0 Å². The van der Waals surface area contributed by atoms with Crippen LogP contribution in [0.2, 0.25) is 0 Å². The lowest BCUT2D eigenvalue weighted by atomic mass is 9.85. The van der Waals surface area contributed by atoms with Crippen LogP contribution in [0.4, 0.5) is 0 Å². The molecule has 0 radical (unpaired) electrons. The second-order valence-electron chi connectivity index (χ2n) is 21.4. The molecule has 0 aromatic carbocycles. The first-order valence-electron chi connectivity index (χ1n) is 30.4. The summed E-state index contributed by atoms with van der Waals surface area (Å²) in [4.78, 5) is 49.7. The van der Waals surface area contributed by atoms with Gasteiger partial charge in [-0.3, -0.25) is 23.4 Å². The van der Waals surface area contributed by atoms with Gasteiger partial charge in [-0.25, -0.2) is 4.57 Å². The van der Waals surface area contributed by atoms with Crippen LogP contribution in [0.3, 0.4) is 0 Å². The summed E-state index contributed by atoms with van der Waals surface area (Å²) in [5, 5.41) is 42.7. The maximum atomic E-state index is 13.5. The highest BCUT2D eigenvalue weighted by Gasteiger charge is 2.54. The second kappa shape index (κ2) is 48.2. The third-order valence-corrected chi connectivity index (χ3v) is 15.3. The van der Waals surface area contributed by atoms with E-state index in [2.05, 4.69) is 32.9 Å². The van der Waals surface area contributed by atoms with Crippen LogP contribution in [-0.2, 0) is 42.2 Å². The van der Waals surface area contributed by atoms with Crippen LogP contribution >= 0.6 is 7.82 Å². The van der Waals surface area contributed by atoms with Gasteiger partial charge in [-0.2, -0.15) is 0 Å². The number of phosphoric ester groups is 1. The van der Waals surface area contributed by atoms with Crippen LogP contribution in [0.5, 0.6) is 0 Å². The van der Waals surface area contributed by atoms with Crippen LogP contribution < -0.4 is 0 Å². The minimum atomic E-state index is -5.24. The predicted molar refractivity (Wildman–Crippen MR) is 295 cm³/mol. The third kappa shape index (κ3) is 38.6. The van der Waals surface area contributed by atoms with E-state index in [0.717, 1.165) is 83.5 Å². The topological polar surface area (TPSA) is 216 Å². The zero-order valence-corrected chi connectivity index (χ0v) is 48.1. The van der Waals surface area contributed by atoms with Crippen LogP contribution in [-0.4, -0.2) is 99.2 Å². The van der Waals surface area contributed by atoms with Crippen LogP contribution in [0.15, 0.2) is 12.2 Å². The number of aliphatic hydroxyl groups excluding tert-OH is 4. The van der Waals surface area contributed by atoms with E-state index in [4.69, 9.17) is 23.3 Å². The molecule has 0 aromatic heterocycles. The number of hydrogen-bond donors (Lipinski definition) is 5. The number of unbranched alkanes of at least 4 members (excludes halogenated alkanes) is 35. The van der Waals surface area contributed by atoms with E-state index in [0.29, 0.717) is 19.3 Å². The molecule has 5 N–H and O–H groups in total. The summed E-state index contributed by atoms with van der Waals surface area (Å²) in [6.07, 6.45) is 35.5. The lowest BCUT2D eigenvalue weighted by Gasteiger charge is -2.43. The fraction of sp³-hybridized carbons (Fsp3) is 0.915. The van der Waals surface area contributed by atoms with Crippen LogP contribution in [0.1, 0.15) is 290 Å². The van der Waals surface area contributed by atoms with Crippen molar-refractivity contribution >= 4 is 25.7 Å². The highest BCUT2D eigenvalue weighted by atomic mass is 31.2. The van der Waals surface area contributed by atoms with Gasteiger partial charge in [0.1, 0.15) is 37.1 Å². The number of carbonyl (C=O) groups is 3. The van der Waals surface area contributed by atoms with Gasteiger partial charge in [0.15, 0.2) is 12.2 Å². The van der Waals surface area contributed by atoms with E-state index in [1.54, 1.807) is 0 Å². The highest BCUT2D eigenvalue weighted by molar-refractivity contribution is 7.47. The molecule has 0 spiro atoms. The molecular weight excluding hydrogens is 964 g/mol. The van der Waals surface area contributed by atoms with Gasteiger partial charge in [0.05, 0.1) is 6.61 Å². The van der Waals surface area contributed by atoms with Crippen molar-refractivity contribution in [2.45, 2.75) is 333 Å². The normalized spacial score (nSPS) is 20.2. The fourth-order valence-corrected chi connectivity index (χ4v) is 10.5. The molecule has 1 unspecified atom stereocenters. The Morgan fingerprint density at radius 3 is 1.14 bits per heavy atom. The van der Waals surface area contributed by atoms with Crippen LogP contribution in [0, 0.1) is 0 Å². The molecule has 0 aromatic rings. The van der Waals surface area contributed by atoms with Gasteiger partial charge in [-0.15, -0.1) is 0 Å². The molecule has 15 heteroatoms. The summed E-state index contributed by atoms with van der Waals surface area (Å²) in [5.74, 6) is -1.89. The van der Waals surface area contributed by atoms with Gasteiger partial charge in [0.2, 0.25) is 0 Å². The maximum absolute atomic E-state index is 13.5. The molecule has 1 aliphatic carbocycles. The number of allylic oxidation sites excluding steroid dienone is 2. The van der Waals surface area contributed by atoms with E-state index in [-0.39, 0.29) is 19.3 Å². The smallest absolute Gasteiger partial charge is 0.462 e. The standard InChI is InChI=1S/C59H111O14P/c1-4-7-10-13-16-19-22-25-26-29-32-34-37-40-43-46-52(61)71-50(48-69-51(60)45-42-39-36-33-30-27-23-20-17-14-11-8-5-2)49-70-74(67,68)73-59-57(66)55(64)54(63)56(65)58(59)72-53(62)47-44-41-38-35-31-28-24-21-18-15-12-9-6-3/h25-26,50,54-59,63-66H,4-24,27-49H2,1-3H3,(H,67,68)/b26-25-/t50-,54+,55+,56-,57-,58-,59+/m1/s1. The summed E-state index contributed by atoms with van der Waals surface area (Å²) < 4.78 is 40.4. The quantitative estimate of drug-likeness (QED) is 0.0126. The number of aliphatic hydroxyl groups is 4. The number of ether oxygens (including phenoxy) is 3. The third-order valence-electron chi connectivity index (χ3n) is 14.3. The van der Waals surface area contributed by atoms with E-state index in [9.17, 15) is 44.3 Å². The van der Waals surface area contributed by atoms with Gasteiger partial charge in [-0.1, -0.05) is 238 Å². The van der Waals surface area contributed by atoms with E-state index in [1.807, 2.05) is 0 Å². The minimum absolute atomic E-state index is 0.0438. The summed E-state index contributed by atoms with van der Waals surface area (Å²) in [6, 6.07) is 0. The monoisotopic (exact) mass is 1070 g/mol. The van der Waals surface area contributed by atoms with Gasteiger partial charge in [0, 0.05) is 19.3 Å². The zero-order valence-electron chi connectivity index (χ0n) is 47.2. The SMILES string of the molecule is CCCCCCCC/C=C\CCCCCCCC(=O)O[C@H](COC(=O)CCCCCCCCCCCCCCC)COP(=O)(O)O[C@H]1[C@H](O)[C@@H](O)[C@H](O)[C@@H](O)[C@H]1OC(=O)CCCCCCCCCCCCCCC. The Labute approximate surface area is 450 Å². The maximum Gasteiger partial charge on any atom is 0.472 e. The van der Waals surface area contributed by atoms with Crippen molar-refractivity contribution in [3.8, 4) is 0 Å². The van der Waals surface area contributed by atoms with Crippen molar-refractivity contribution in [2.24, 2.45) is 0 Å². The van der Waals surface area contributed by atoms with Crippen molar-refractivity contribution in [1.82, 2.24) is 0 Å². The van der Waals surface area contributed by atoms with Crippen molar-refractivity contribution in [1.29, 1.82) is 0 Å². The first kappa shape index (κ1) is 70.1. The minimum Gasteiger partial charge on any atom is -0.462 e. The average molecular weight is 1080 g/mol. The Hall–Kier alpha value is -1.90. The first-order valence-corrected chi connectivity index (χ1v) is 31.9. The second-order valence-corrected chi connectivity index (χ2v) is 22.8. The van der Waals surface area contributed by atoms with Gasteiger partial charge < -0.3 is 39.5 Å². The van der Waals surface area contributed by atoms with Crippen LogP contribution in [0.25, 0.3) is 0 Å². The molecule has 1 fully saturated rings. The Morgan fingerprint density at radius 2 is 0.743 bits per heavy atom. The molecule has 1 rings (SSSR count). The number of rotatable bonds is 52. The molecule has 436 valence electrons. The molecule has 1 saturated carbocycles. The van der Waals surface area contributed by atoms with E-state index >= 15 is 0 Å². The van der Waals surface area contributed by atoms with Gasteiger partial charge >= 0.3 is 25.7 Å². The molecule has 0 heterocycles.